The van der Waals surface area contributed by atoms with Crippen molar-refractivity contribution in [3.8, 4) is 5.69 Å². The van der Waals surface area contributed by atoms with Gasteiger partial charge in [-0.3, -0.25) is 4.79 Å². The lowest BCUT2D eigenvalue weighted by Crippen LogP contribution is -2.35. The molecule has 1 aliphatic rings. The first-order valence-electron chi connectivity index (χ1n) is 9.81. The van der Waals surface area contributed by atoms with Crippen molar-refractivity contribution in [3.63, 3.8) is 0 Å². The maximum absolute atomic E-state index is 13.1. The van der Waals surface area contributed by atoms with E-state index in [2.05, 4.69) is 20.7 Å². The molecular weight excluding hydrogens is 394 g/mol. The number of amidine groups is 1. The van der Waals surface area contributed by atoms with E-state index < -0.39 is 11.9 Å². The van der Waals surface area contributed by atoms with Crippen LogP contribution in [-0.2, 0) is 9.53 Å². The maximum atomic E-state index is 13.1. The monoisotopic (exact) mass is 415 g/mol. The summed E-state index contributed by atoms with van der Waals surface area (Å²) in [4.78, 5) is 30.3. The van der Waals surface area contributed by atoms with E-state index in [1.54, 1.807) is 61.3 Å². The average Bonchev–Trinajstić information content (AvgIpc) is 3.26. The maximum Gasteiger partial charge on any atom is 0.343 e. The summed E-state index contributed by atoms with van der Waals surface area (Å²) in [6.45, 7) is 3.67. The molecule has 31 heavy (non-hydrogen) atoms. The van der Waals surface area contributed by atoms with Crippen molar-refractivity contribution in [2.75, 3.05) is 11.9 Å². The Balaban J connectivity index is 1.71. The second kappa shape index (κ2) is 8.66. The van der Waals surface area contributed by atoms with Crippen LogP contribution < -0.4 is 10.6 Å². The summed E-state index contributed by atoms with van der Waals surface area (Å²) in [5.41, 5.74) is 3.18. The number of allylic oxidation sites excluding steroid dienone is 1. The van der Waals surface area contributed by atoms with Crippen LogP contribution in [0.4, 0.5) is 11.4 Å². The fraction of sp³-hybridized carbons (Fsp3) is 0.130. The van der Waals surface area contributed by atoms with E-state index in [9.17, 15) is 9.59 Å². The van der Waals surface area contributed by atoms with E-state index in [0.29, 0.717) is 16.9 Å². The number of para-hydroxylation sites is 2. The highest BCUT2D eigenvalue weighted by Gasteiger charge is 2.26. The zero-order valence-electron chi connectivity index (χ0n) is 17.1. The zero-order valence-corrected chi connectivity index (χ0v) is 17.1. The minimum absolute atomic E-state index is 0.128. The molecule has 8 heteroatoms. The lowest BCUT2D eigenvalue weighted by Gasteiger charge is -2.13. The van der Waals surface area contributed by atoms with Crippen LogP contribution >= 0.6 is 0 Å². The van der Waals surface area contributed by atoms with Crippen molar-refractivity contribution in [3.05, 3.63) is 83.8 Å². The summed E-state index contributed by atoms with van der Waals surface area (Å²) in [7, 11) is 0. The smallest absolute Gasteiger partial charge is 0.343 e. The quantitative estimate of drug-likeness (QED) is 0.635. The Bertz CT molecular complexity index is 1200. The highest BCUT2D eigenvalue weighted by Crippen LogP contribution is 2.30. The normalized spacial score (nSPS) is 12.9. The number of ether oxygens (including phenoxy) is 1. The molecule has 2 N–H and O–H groups in total. The molecule has 0 unspecified atom stereocenters. The fourth-order valence-corrected chi connectivity index (χ4v) is 3.23. The molecule has 4 rings (SSSR count). The number of aromatic nitrogens is 2. The Morgan fingerprint density at radius 2 is 1.97 bits per heavy atom. The van der Waals surface area contributed by atoms with E-state index in [0.717, 1.165) is 11.4 Å². The minimum atomic E-state index is -0.565. The van der Waals surface area contributed by atoms with Crippen molar-refractivity contribution >= 4 is 29.1 Å². The molecule has 1 aromatic heterocycles. The predicted octanol–water partition coefficient (Wildman–Crippen LogP) is 3.59. The average molecular weight is 415 g/mol. The lowest BCUT2D eigenvalue weighted by atomic mass is 10.1. The number of carbonyl (C=O) groups excluding carboxylic acids is 2. The van der Waals surface area contributed by atoms with Gasteiger partial charge in [-0.05, 0) is 50.2 Å². The van der Waals surface area contributed by atoms with Gasteiger partial charge in [0.1, 0.15) is 11.4 Å². The van der Waals surface area contributed by atoms with E-state index in [-0.39, 0.29) is 18.0 Å². The van der Waals surface area contributed by atoms with Crippen molar-refractivity contribution in [1.29, 1.82) is 0 Å². The zero-order chi connectivity index (χ0) is 21.8. The number of carbonyl (C=O) groups is 2. The van der Waals surface area contributed by atoms with Crippen molar-refractivity contribution in [1.82, 2.24) is 15.1 Å². The fourth-order valence-electron chi connectivity index (χ4n) is 3.23. The molecule has 8 nitrogen and oxygen atoms in total. The Morgan fingerprint density at radius 1 is 1.13 bits per heavy atom. The molecule has 156 valence electrons. The van der Waals surface area contributed by atoms with Crippen LogP contribution in [0.5, 0.6) is 0 Å². The second-order valence-electron chi connectivity index (χ2n) is 6.78. The molecular formula is C23H21N5O3. The Labute approximate surface area is 179 Å². The molecule has 2 aromatic carbocycles. The summed E-state index contributed by atoms with van der Waals surface area (Å²) in [5, 5.41) is 10.2. The van der Waals surface area contributed by atoms with E-state index in [1.165, 1.54) is 0 Å². The van der Waals surface area contributed by atoms with Gasteiger partial charge >= 0.3 is 5.97 Å². The van der Waals surface area contributed by atoms with Crippen LogP contribution in [0.3, 0.4) is 0 Å². The number of nitrogens with one attached hydrogen (secondary N) is 2. The van der Waals surface area contributed by atoms with E-state index >= 15 is 0 Å². The van der Waals surface area contributed by atoms with Crippen molar-refractivity contribution in [2.24, 2.45) is 4.99 Å². The third-order valence-corrected chi connectivity index (χ3v) is 4.66. The number of esters is 1. The van der Waals surface area contributed by atoms with Crippen LogP contribution in [-0.4, -0.2) is 34.1 Å². The van der Waals surface area contributed by atoms with Gasteiger partial charge in [0.05, 0.1) is 23.7 Å². The van der Waals surface area contributed by atoms with Gasteiger partial charge in [0.2, 0.25) is 0 Å². The highest BCUT2D eigenvalue weighted by molar-refractivity contribution is 6.25. The predicted molar refractivity (Wildman–Crippen MR) is 118 cm³/mol. The van der Waals surface area contributed by atoms with Gasteiger partial charge in [0.15, 0.2) is 0 Å². The summed E-state index contributed by atoms with van der Waals surface area (Å²) in [6, 6.07) is 16.2. The summed E-state index contributed by atoms with van der Waals surface area (Å²) in [5.74, 6) is -0.839. The summed E-state index contributed by atoms with van der Waals surface area (Å²) < 4.78 is 6.87. The number of rotatable bonds is 4. The molecule has 2 heterocycles. The molecule has 0 aliphatic carbocycles. The SMILES string of the molecule is CCOC(=O)C1=C(C)Nc2ccccc2N=C1NC(=O)c1cccc(-n2cccn2)c1. The van der Waals surface area contributed by atoms with Crippen molar-refractivity contribution < 1.29 is 14.3 Å². The number of aliphatic imine (C=N–C) groups is 1. The topological polar surface area (TPSA) is 97.6 Å². The first kappa shape index (κ1) is 20.1. The Hall–Kier alpha value is -4.20. The van der Waals surface area contributed by atoms with Crippen LogP contribution in [0.25, 0.3) is 5.69 Å². The van der Waals surface area contributed by atoms with Gasteiger partial charge in [-0.15, -0.1) is 0 Å². The van der Waals surface area contributed by atoms with E-state index in [1.807, 2.05) is 24.3 Å². The lowest BCUT2D eigenvalue weighted by molar-refractivity contribution is -0.137. The molecule has 0 fully saturated rings. The Morgan fingerprint density at radius 3 is 2.74 bits per heavy atom. The van der Waals surface area contributed by atoms with Gasteiger partial charge in [0, 0.05) is 23.7 Å². The third-order valence-electron chi connectivity index (χ3n) is 4.66. The second-order valence-corrected chi connectivity index (χ2v) is 6.78. The number of benzene rings is 2. The number of hydrogen-bond donors (Lipinski definition) is 2. The molecule has 0 bridgehead atoms. The van der Waals surface area contributed by atoms with Gasteiger partial charge in [-0.25, -0.2) is 14.5 Å². The molecule has 0 radical (unpaired) electrons. The highest BCUT2D eigenvalue weighted by atomic mass is 16.5. The van der Waals surface area contributed by atoms with Crippen LogP contribution in [0.2, 0.25) is 0 Å². The number of amides is 1. The van der Waals surface area contributed by atoms with E-state index in [4.69, 9.17) is 4.74 Å². The van der Waals surface area contributed by atoms with Gasteiger partial charge < -0.3 is 15.4 Å². The molecule has 0 saturated carbocycles. The van der Waals surface area contributed by atoms with Crippen LogP contribution in [0.1, 0.15) is 24.2 Å². The molecule has 0 spiro atoms. The molecule has 1 aliphatic heterocycles. The molecule has 3 aromatic rings. The van der Waals surface area contributed by atoms with Gasteiger partial charge in [-0.2, -0.15) is 5.10 Å². The minimum Gasteiger partial charge on any atom is -0.462 e. The first-order valence-corrected chi connectivity index (χ1v) is 9.81. The molecule has 0 atom stereocenters. The largest absolute Gasteiger partial charge is 0.462 e. The van der Waals surface area contributed by atoms with Crippen molar-refractivity contribution in [2.45, 2.75) is 13.8 Å². The number of hydrogen-bond acceptors (Lipinski definition) is 6. The number of fused-ring (bicyclic) bond motifs is 1. The number of anilines is 1. The summed E-state index contributed by atoms with van der Waals surface area (Å²) >= 11 is 0. The Kier molecular flexibility index (Phi) is 5.61. The molecule has 0 saturated heterocycles. The van der Waals surface area contributed by atoms with Crippen LogP contribution in [0.15, 0.2) is 83.3 Å². The molecule has 1 amide bonds. The van der Waals surface area contributed by atoms with Crippen LogP contribution in [0, 0.1) is 0 Å². The van der Waals surface area contributed by atoms with Gasteiger partial charge in [0.25, 0.3) is 5.91 Å². The standard InChI is InChI=1S/C23H21N5O3/c1-3-31-23(30)20-15(2)25-18-10-4-5-11-19(18)26-21(20)27-22(29)16-8-6-9-17(14-16)28-13-7-12-24-28/h4-14,25H,3H2,1-2H3,(H,26,27,29). The first-order chi connectivity index (χ1) is 15.1. The summed E-state index contributed by atoms with van der Waals surface area (Å²) in [6.07, 6.45) is 3.45. The number of nitrogens with zero attached hydrogens (tertiary/aromatic N) is 3. The third kappa shape index (κ3) is 4.23. The van der Waals surface area contributed by atoms with Gasteiger partial charge in [-0.1, -0.05) is 18.2 Å².